The maximum absolute atomic E-state index is 13.3. The van der Waals surface area contributed by atoms with Crippen LogP contribution in [-0.2, 0) is 24.4 Å². The van der Waals surface area contributed by atoms with E-state index in [1.54, 1.807) is 34.5 Å². The number of halogens is 2. The Morgan fingerprint density at radius 3 is 2.23 bits per heavy atom. The molecule has 5 nitrogen and oxygen atoms in total. The molecular weight excluding hydrogens is 468 g/mol. The van der Waals surface area contributed by atoms with E-state index in [9.17, 15) is 18.4 Å². The third-order valence-corrected chi connectivity index (χ3v) is 7.19. The van der Waals surface area contributed by atoms with Gasteiger partial charge in [0, 0.05) is 24.9 Å². The minimum Gasteiger partial charge on any atom is -0.347 e. The molecule has 2 amide bonds. The van der Waals surface area contributed by atoms with Gasteiger partial charge in [-0.25, -0.2) is 13.8 Å². The fourth-order valence-electron chi connectivity index (χ4n) is 4.35. The minimum atomic E-state index is -0.327. The monoisotopic (exact) mass is 497 g/mol. The zero-order chi connectivity index (χ0) is 24.6. The van der Waals surface area contributed by atoms with Gasteiger partial charge < -0.3 is 10.2 Å². The molecule has 0 spiro atoms. The molecule has 3 aromatic rings. The van der Waals surface area contributed by atoms with Gasteiger partial charge in [-0.1, -0.05) is 49.9 Å². The summed E-state index contributed by atoms with van der Waals surface area (Å²) in [4.78, 5) is 31.8. The van der Waals surface area contributed by atoms with Crippen LogP contribution in [0.2, 0.25) is 0 Å². The Balaban J connectivity index is 1.38. The van der Waals surface area contributed by atoms with Crippen LogP contribution in [0.25, 0.3) is 0 Å². The highest BCUT2D eigenvalue weighted by atomic mass is 32.1. The second-order valence-corrected chi connectivity index (χ2v) is 9.94. The van der Waals surface area contributed by atoms with Crippen LogP contribution in [0.4, 0.5) is 8.78 Å². The van der Waals surface area contributed by atoms with Crippen molar-refractivity contribution < 1.29 is 18.4 Å². The molecule has 0 atom stereocenters. The van der Waals surface area contributed by atoms with E-state index in [-0.39, 0.29) is 42.2 Å². The number of hydrogen-bond donors (Lipinski definition) is 1. The zero-order valence-electron chi connectivity index (χ0n) is 19.5. The van der Waals surface area contributed by atoms with E-state index >= 15 is 0 Å². The number of thiazole rings is 1. The Morgan fingerprint density at radius 1 is 0.943 bits per heavy atom. The molecule has 1 aliphatic carbocycles. The van der Waals surface area contributed by atoms with E-state index in [1.165, 1.54) is 61.3 Å². The predicted octanol–water partition coefficient (Wildman–Crippen LogP) is 5.85. The molecule has 0 radical (unpaired) electrons. The largest absolute Gasteiger partial charge is 0.347 e. The smallest absolute Gasteiger partial charge is 0.271 e. The molecule has 35 heavy (non-hydrogen) atoms. The van der Waals surface area contributed by atoms with Gasteiger partial charge in [0.15, 0.2) is 0 Å². The van der Waals surface area contributed by atoms with Crippen molar-refractivity contribution in [1.29, 1.82) is 0 Å². The van der Waals surface area contributed by atoms with Crippen molar-refractivity contribution >= 4 is 23.2 Å². The number of nitrogens with one attached hydrogen (secondary N) is 1. The van der Waals surface area contributed by atoms with Gasteiger partial charge in [0.1, 0.15) is 22.3 Å². The van der Waals surface area contributed by atoms with E-state index in [0.29, 0.717) is 23.9 Å². The van der Waals surface area contributed by atoms with Gasteiger partial charge in [0.05, 0.1) is 6.54 Å². The van der Waals surface area contributed by atoms with Crippen LogP contribution < -0.4 is 5.32 Å². The van der Waals surface area contributed by atoms with E-state index in [1.807, 2.05) is 0 Å². The zero-order valence-corrected chi connectivity index (χ0v) is 20.3. The first-order valence-corrected chi connectivity index (χ1v) is 12.8. The Kier molecular flexibility index (Phi) is 8.58. The summed E-state index contributed by atoms with van der Waals surface area (Å²) in [5.74, 6) is -0.313. The number of rotatable bonds is 10. The third-order valence-electron chi connectivity index (χ3n) is 6.36. The molecule has 8 heteroatoms. The third kappa shape index (κ3) is 7.42. The van der Waals surface area contributed by atoms with Crippen LogP contribution in [0.5, 0.6) is 0 Å². The molecule has 0 bridgehead atoms. The van der Waals surface area contributed by atoms with Gasteiger partial charge in [-0.3, -0.25) is 9.59 Å². The molecule has 0 aliphatic heterocycles. The molecule has 1 heterocycles. The summed E-state index contributed by atoms with van der Waals surface area (Å²) < 4.78 is 26.4. The fraction of sp³-hybridized carbons (Fsp3) is 0.370. The summed E-state index contributed by atoms with van der Waals surface area (Å²) in [6.45, 7) is 0.911. The fourth-order valence-corrected chi connectivity index (χ4v) is 5.14. The number of benzene rings is 2. The van der Waals surface area contributed by atoms with Crippen LogP contribution in [0.1, 0.15) is 65.1 Å². The van der Waals surface area contributed by atoms with Crippen molar-refractivity contribution in [3.8, 4) is 0 Å². The Morgan fingerprint density at radius 2 is 1.57 bits per heavy atom. The van der Waals surface area contributed by atoms with Crippen LogP contribution in [0.15, 0.2) is 53.9 Å². The summed E-state index contributed by atoms with van der Waals surface area (Å²) in [6, 6.07) is 12.1. The summed E-state index contributed by atoms with van der Waals surface area (Å²) in [5.41, 5.74) is 1.91. The Bertz CT molecular complexity index is 1130. The minimum absolute atomic E-state index is 0.0405. The first kappa shape index (κ1) is 25.0. The molecule has 1 aromatic heterocycles. The molecule has 0 saturated heterocycles. The van der Waals surface area contributed by atoms with Crippen LogP contribution in [-0.4, -0.2) is 21.7 Å². The maximum Gasteiger partial charge on any atom is 0.271 e. The lowest BCUT2D eigenvalue weighted by atomic mass is 10.0. The number of hydrogen-bond acceptors (Lipinski definition) is 4. The number of aromatic nitrogens is 1. The van der Waals surface area contributed by atoms with Gasteiger partial charge in [-0.15, -0.1) is 11.3 Å². The molecule has 2 aromatic carbocycles. The first-order valence-electron chi connectivity index (χ1n) is 12.0. The van der Waals surface area contributed by atoms with E-state index < -0.39 is 0 Å². The molecule has 1 N–H and O–H groups in total. The number of carbonyl (C=O) groups excluding carboxylic acids is 2. The van der Waals surface area contributed by atoms with E-state index in [2.05, 4.69) is 10.3 Å². The Hall–Kier alpha value is -3.13. The van der Waals surface area contributed by atoms with E-state index in [0.717, 1.165) is 17.5 Å². The molecule has 1 aliphatic rings. The molecule has 1 saturated carbocycles. The molecular formula is C27H29F2N3O2S. The predicted molar refractivity (Wildman–Crippen MR) is 132 cm³/mol. The second kappa shape index (κ2) is 12.0. The highest BCUT2D eigenvalue weighted by molar-refractivity contribution is 7.09. The highest BCUT2D eigenvalue weighted by Gasteiger charge is 2.21. The van der Waals surface area contributed by atoms with Crippen molar-refractivity contribution in [3.05, 3.63) is 87.4 Å². The van der Waals surface area contributed by atoms with Crippen molar-refractivity contribution in [2.75, 3.05) is 0 Å². The highest BCUT2D eigenvalue weighted by Crippen LogP contribution is 2.29. The van der Waals surface area contributed by atoms with Gasteiger partial charge in [0.25, 0.3) is 5.91 Å². The summed E-state index contributed by atoms with van der Waals surface area (Å²) >= 11 is 1.33. The van der Waals surface area contributed by atoms with E-state index in [4.69, 9.17) is 0 Å². The SMILES string of the molecule is O=C(NCc1ccc(F)cc1)c1csc(CN(Cc2ccc(F)cc2)C(=O)CCC2CCCC2)n1. The molecule has 1 fully saturated rings. The normalized spacial score (nSPS) is 13.7. The van der Waals surface area contributed by atoms with Gasteiger partial charge in [0.2, 0.25) is 5.91 Å². The maximum atomic E-state index is 13.3. The van der Waals surface area contributed by atoms with Crippen molar-refractivity contribution in [3.63, 3.8) is 0 Å². The van der Waals surface area contributed by atoms with Crippen molar-refractivity contribution in [2.24, 2.45) is 5.92 Å². The van der Waals surface area contributed by atoms with Crippen LogP contribution in [0.3, 0.4) is 0 Å². The van der Waals surface area contributed by atoms with Gasteiger partial charge in [-0.05, 0) is 47.7 Å². The second-order valence-electron chi connectivity index (χ2n) is 9.00. The quantitative estimate of drug-likeness (QED) is 0.382. The summed E-state index contributed by atoms with van der Waals surface area (Å²) in [6.07, 6.45) is 6.21. The van der Waals surface area contributed by atoms with Crippen molar-refractivity contribution in [2.45, 2.75) is 58.2 Å². The van der Waals surface area contributed by atoms with Gasteiger partial charge >= 0.3 is 0 Å². The number of carbonyl (C=O) groups is 2. The Labute approximate surface area is 208 Å². The summed E-state index contributed by atoms with van der Waals surface area (Å²) in [7, 11) is 0. The lowest BCUT2D eigenvalue weighted by Crippen LogP contribution is -2.30. The average Bonchev–Trinajstić information content (AvgIpc) is 3.55. The molecule has 184 valence electrons. The van der Waals surface area contributed by atoms with Crippen LogP contribution in [0, 0.1) is 17.6 Å². The summed E-state index contributed by atoms with van der Waals surface area (Å²) in [5, 5.41) is 5.12. The van der Waals surface area contributed by atoms with Crippen LogP contribution >= 0.6 is 11.3 Å². The number of amides is 2. The first-order chi connectivity index (χ1) is 17.0. The topological polar surface area (TPSA) is 62.3 Å². The van der Waals surface area contributed by atoms with Crippen molar-refractivity contribution in [1.82, 2.24) is 15.2 Å². The molecule has 4 rings (SSSR count). The lowest BCUT2D eigenvalue weighted by Gasteiger charge is -2.23. The average molecular weight is 498 g/mol. The van der Waals surface area contributed by atoms with Gasteiger partial charge in [-0.2, -0.15) is 0 Å². The standard InChI is InChI=1S/C27H29F2N3O2S/c28-22-10-5-20(6-11-22)15-30-27(34)24-18-35-25(31-24)17-32(16-21-7-12-23(29)13-8-21)26(33)14-9-19-3-1-2-4-19/h5-8,10-13,18-19H,1-4,9,14-17H2,(H,30,34). The lowest BCUT2D eigenvalue weighted by molar-refractivity contribution is -0.132. The molecule has 0 unspecified atom stereocenters. The number of nitrogens with zero attached hydrogens (tertiary/aromatic N) is 2.